The van der Waals surface area contributed by atoms with Crippen LogP contribution in [0.25, 0.3) is 10.9 Å². The molecule has 2 aromatic carbocycles. The maximum absolute atomic E-state index is 15.0. The Hall–Kier alpha value is -3.55. The number of nitrogens with zero attached hydrogens (tertiary/aromatic N) is 1. The van der Waals surface area contributed by atoms with Gasteiger partial charge in [0, 0.05) is 12.7 Å². The molecule has 29 heavy (non-hydrogen) atoms. The van der Waals surface area contributed by atoms with Crippen LogP contribution in [-0.2, 0) is 13.0 Å². The van der Waals surface area contributed by atoms with Gasteiger partial charge in [-0.15, -0.1) is 0 Å². The number of pyridine rings is 1. The molecule has 0 fully saturated rings. The second kappa shape index (κ2) is 7.46. The minimum Gasteiger partial charge on any atom is -0.487 e. The van der Waals surface area contributed by atoms with Gasteiger partial charge in [0.15, 0.2) is 11.6 Å². The number of ether oxygens (including phenoxy) is 1. The van der Waals surface area contributed by atoms with E-state index in [1.165, 1.54) is 11.8 Å². The van der Waals surface area contributed by atoms with Gasteiger partial charge in [-0.2, -0.15) is 0 Å². The molecule has 0 radical (unpaired) electrons. The van der Waals surface area contributed by atoms with Gasteiger partial charge >= 0.3 is 5.97 Å². The van der Waals surface area contributed by atoms with Crippen molar-refractivity contribution < 1.29 is 19.0 Å². The van der Waals surface area contributed by atoms with Crippen molar-refractivity contribution in [3.8, 4) is 5.75 Å². The van der Waals surface area contributed by atoms with Crippen LogP contribution in [0.15, 0.2) is 41.3 Å². The molecule has 0 saturated heterocycles. The molecule has 8 heteroatoms. The summed E-state index contributed by atoms with van der Waals surface area (Å²) in [6.07, 6.45) is 2.84. The Morgan fingerprint density at radius 3 is 2.79 bits per heavy atom. The van der Waals surface area contributed by atoms with Crippen LogP contribution < -0.4 is 21.2 Å². The first-order valence-electron chi connectivity index (χ1n) is 9.31. The molecule has 0 spiro atoms. The van der Waals surface area contributed by atoms with Crippen molar-refractivity contribution in [2.24, 2.45) is 0 Å². The molecule has 2 heterocycles. The van der Waals surface area contributed by atoms with Crippen LogP contribution in [0.2, 0.25) is 0 Å². The molecule has 7 nitrogen and oxygen atoms in total. The van der Waals surface area contributed by atoms with Crippen LogP contribution in [0.4, 0.5) is 15.8 Å². The highest BCUT2D eigenvalue weighted by Crippen LogP contribution is 2.41. The predicted octanol–water partition coefficient (Wildman–Crippen LogP) is 2.86. The van der Waals surface area contributed by atoms with Crippen molar-refractivity contribution in [1.82, 2.24) is 4.57 Å². The number of hydrogen-bond donors (Lipinski definition) is 3. The molecule has 0 saturated carbocycles. The van der Waals surface area contributed by atoms with Crippen molar-refractivity contribution in [1.29, 1.82) is 0 Å². The Balaban J connectivity index is 1.71. The number of carboxylic acid groups (broad SMARTS) is 1. The summed E-state index contributed by atoms with van der Waals surface area (Å²) in [7, 11) is 0. The Morgan fingerprint density at radius 2 is 2.07 bits per heavy atom. The maximum Gasteiger partial charge on any atom is 0.341 e. The van der Waals surface area contributed by atoms with Gasteiger partial charge in [0.2, 0.25) is 5.43 Å². The van der Waals surface area contributed by atoms with E-state index in [-0.39, 0.29) is 29.1 Å². The molecule has 3 aromatic rings. The monoisotopic (exact) mass is 397 g/mol. The van der Waals surface area contributed by atoms with Crippen LogP contribution >= 0.6 is 0 Å². The normalized spacial score (nSPS) is 12.6. The molecule has 4 rings (SSSR count). The topological polar surface area (TPSA) is 107 Å². The Morgan fingerprint density at radius 1 is 1.31 bits per heavy atom. The summed E-state index contributed by atoms with van der Waals surface area (Å²) < 4.78 is 22.3. The fraction of sp³-hybridized carbons (Fsp3) is 0.238. The van der Waals surface area contributed by atoms with Gasteiger partial charge in [-0.25, -0.2) is 9.18 Å². The number of nitrogens with one attached hydrogen (secondary N) is 1. The van der Waals surface area contributed by atoms with Crippen LogP contribution in [-0.4, -0.2) is 28.8 Å². The fourth-order valence-corrected chi connectivity index (χ4v) is 3.64. The average molecular weight is 397 g/mol. The Labute approximate surface area is 165 Å². The van der Waals surface area contributed by atoms with Gasteiger partial charge in [-0.3, -0.25) is 4.79 Å². The van der Waals surface area contributed by atoms with E-state index in [2.05, 4.69) is 5.32 Å². The summed E-state index contributed by atoms with van der Waals surface area (Å²) in [4.78, 5) is 24.0. The van der Waals surface area contributed by atoms with E-state index < -0.39 is 22.8 Å². The van der Waals surface area contributed by atoms with Crippen molar-refractivity contribution >= 4 is 28.2 Å². The highest BCUT2D eigenvalue weighted by atomic mass is 19.1. The first-order chi connectivity index (χ1) is 14.0. The van der Waals surface area contributed by atoms with Gasteiger partial charge in [0.1, 0.15) is 17.9 Å². The highest BCUT2D eigenvalue weighted by molar-refractivity contribution is 6.03. The molecule has 0 aliphatic carbocycles. The Kier molecular flexibility index (Phi) is 4.84. The number of aromatic nitrogens is 1. The van der Waals surface area contributed by atoms with Gasteiger partial charge in [-0.1, -0.05) is 30.3 Å². The quantitative estimate of drug-likeness (QED) is 0.436. The lowest BCUT2D eigenvalue weighted by atomic mass is 10.1. The maximum atomic E-state index is 15.0. The van der Waals surface area contributed by atoms with Gasteiger partial charge in [-0.05, 0) is 18.4 Å². The summed E-state index contributed by atoms with van der Waals surface area (Å²) >= 11 is 0. The smallest absolute Gasteiger partial charge is 0.341 e. The molecular formula is C21H20FN3O4. The largest absolute Gasteiger partial charge is 0.487 e. The van der Waals surface area contributed by atoms with Crippen LogP contribution in [0, 0.1) is 5.82 Å². The third-order valence-electron chi connectivity index (χ3n) is 5.04. The second-order valence-electron chi connectivity index (χ2n) is 6.89. The first-order valence-corrected chi connectivity index (χ1v) is 9.31. The number of hydrogen-bond acceptors (Lipinski definition) is 5. The molecule has 150 valence electrons. The molecule has 4 N–H and O–H groups in total. The third kappa shape index (κ3) is 3.26. The number of nitrogen functional groups attached to an aromatic ring is 1. The van der Waals surface area contributed by atoms with E-state index in [1.54, 1.807) is 4.57 Å². The zero-order valence-corrected chi connectivity index (χ0v) is 15.6. The number of nitrogens with two attached hydrogens (primary N) is 1. The van der Waals surface area contributed by atoms with E-state index in [1.807, 2.05) is 30.3 Å². The standard InChI is InChI=1S/C21H20FN3O4/c22-15-16(23)14-18-20(17(15)24-8-4-7-12-5-2-1-3-6-12)29-10-9-25(18)11-13(19(14)26)21(27)28/h1-3,5-6,11,24H,4,7-10,23H2,(H,27,28). The third-order valence-corrected chi connectivity index (χ3v) is 5.04. The lowest BCUT2D eigenvalue weighted by Gasteiger charge is -2.25. The van der Waals surface area contributed by atoms with Crippen LogP contribution in [0.5, 0.6) is 5.75 Å². The highest BCUT2D eigenvalue weighted by Gasteiger charge is 2.28. The molecule has 0 amide bonds. The minimum atomic E-state index is -1.38. The number of carboxylic acids is 1. The van der Waals surface area contributed by atoms with E-state index in [0.29, 0.717) is 18.6 Å². The molecule has 0 unspecified atom stereocenters. The van der Waals surface area contributed by atoms with Gasteiger partial charge in [0.25, 0.3) is 0 Å². The van der Waals surface area contributed by atoms with Crippen molar-refractivity contribution in [3.63, 3.8) is 0 Å². The lowest BCUT2D eigenvalue weighted by molar-refractivity contribution is 0.0694. The summed E-state index contributed by atoms with van der Waals surface area (Å²) in [6.45, 7) is 1.04. The average Bonchev–Trinajstić information content (AvgIpc) is 2.72. The SMILES string of the molecule is Nc1c(F)c(NCCCc2ccccc2)c2c3c1c(=O)c(C(=O)O)cn3CCO2. The Bertz CT molecular complexity index is 1160. The molecule has 1 aliphatic rings. The summed E-state index contributed by atoms with van der Waals surface area (Å²) in [5.74, 6) is -2.00. The zero-order chi connectivity index (χ0) is 20.5. The number of halogens is 1. The summed E-state index contributed by atoms with van der Waals surface area (Å²) in [6, 6.07) is 9.94. The van der Waals surface area contributed by atoms with E-state index in [9.17, 15) is 14.7 Å². The molecular weight excluding hydrogens is 377 g/mol. The van der Waals surface area contributed by atoms with Crippen LogP contribution in [0.1, 0.15) is 22.3 Å². The fourth-order valence-electron chi connectivity index (χ4n) is 3.64. The lowest BCUT2D eigenvalue weighted by Crippen LogP contribution is -2.26. The van der Waals surface area contributed by atoms with E-state index in [0.717, 1.165) is 12.8 Å². The van der Waals surface area contributed by atoms with Crippen molar-refractivity contribution in [2.75, 3.05) is 24.2 Å². The van der Waals surface area contributed by atoms with Crippen molar-refractivity contribution in [3.05, 3.63) is 63.7 Å². The number of benzene rings is 2. The number of aryl methyl sites for hydroxylation is 1. The molecule has 1 aliphatic heterocycles. The van der Waals surface area contributed by atoms with E-state index >= 15 is 4.39 Å². The predicted molar refractivity (Wildman–Crippen MR) is 108 cm³/mol. The van der Waals surface area contributed by atoms with Crippen molar-refractivity contribution in [2.45, 2.75) is 19.4 Å². The molecule has 0 bridgehead atoms. The molecule has 1 aromatic heterocycles. The first kappa shape index (κ1) is 18.8. The summed E-state index contributed by atoms with van der Waals surface area (Å²) in [5.41, 5.74) is 5.88. The number of aromatic carboxylic acids is 1. The molecule has 0 atom stereocenters. The number of rotatable bonds is 6. The summed E-state index contributed by atoms with van der Waals surface area (Å²) in [5, 5.41) is 12.2. The minimum absolute atomic E-state index is 0.0963. The van der Waals surface area contributed by atoms with Gasteiger partial charge in [0.05, 0.1) is 23.1 Å². The van der Waals surface area contributed by atoms with Gasteiger partial charge < -0.3 is 25.5 Å². The number of anilines is 2. The zero-order valence-electron chi connectivity index (χ0n) is 15.6. The second-order valence-corrected chi connectivity index (χ2v) is 6.89. The number of carbonyl (C=O) groups is 1. The van der Waals surface area contributed by atoms with Crippen LogP contribution in [0.3, 0.4) is 0 Å². The van der Waals surface area contributed by atoms with E-state index in [4.69, 9.17) is 10.5 Å².